The summed E-state index contributed by atoms with van der Waals surface area (Å²) in [5, 5.41) is 17.3. The van der Waals surface area contributed by atoms with Crippen LogP contribution in [0.2, 0.25) is 0 Å². The number of benzene rings is 2. The Morgan fingerprint density at radius 1 is 1.24 bits per heavy atom. The number of ether oxygens (including phenoxy) is 2. The zero-order valence-electron chi connectivity index (χ0n) is 21.2. The molecule has 1 saturated heterocycles. The fourth-order valence-corrected chi connectivity index (χ4v) is 3.92. The summed E-state index contributed by atoms with van der Waals surface area (Å²) in [6, 6.07) is 10.5. The molecular formula is C25H28FN7O5. The molecule has 1 unspecified atom stereocenters. The van der Waals surface area contributed by atoms with Gasteiger partial charge in [-0.2, -0.15) is 4.80 Å². The van der Waals surface area contributed by atoms with Crippen molar-refractivity contribution >= 4 is 23.8 Å². The third-order valence-electron chi connectivity index (χ3n) is 5.77. The Hall–Kier alpha value is -4.55. The molecule has 0 radical (unpaired) electrons. The highest BCUT2D eigenvalue weighted by molar-refractivity contribution is 5.90. The number of cyclic esters (lactones) is 1. The molecule has 2 heterocycles. The first-order valence-corrected chi connectivity index (χ1v) is 12.1. The van der Waals surface area contributed by atoms with E-state index in [0.29, 0.717) is 29.0 Å². The monoisotopic (exact) mass is 525 g/mol. The summed E-state index contributed by atoms with van der Waals surface area (Å²) in [6.45, 7) is 3.67. The molecular weight excluding hydrogens is 497 g/mol. The van der Waals surface area contributed by atoms with Gasteiger partial charge in [0.2, 0.25) is 11.7 Å². The van der Waals surface area contributed by atoms with Crippen LogP contribution in [0.25, 0.3) is 11.1 Å². The smallest absolute Gasteiger partial charge is 0.416 e. The number of nitrogens with zero attached hydrogens (tertiary/aromatic N) is 5. The van der Waals surface area contributed by atoms with E-state index in [1.54, 1.807) is 43.4 Å². The molecule has 1 aliphatic heterocycles. The van der Waals surface area contributed by atoms with Gasteiger partial charge in [-0.1, -0.05) is 37.6 Å². The molecule has 0 aliphatic carbocycles. The van der Waals surface area contributed by atoms with E-state index in [4.69, 9.17) is 9.47 Å². The van der Waals surface area contributed by atoms with Crippen molar-refractivity contribution in [2.75, 3.05) is 18.1 Å². The van der Waals surface area contributed by atoms with Crippen LogP contribution in [-0.4, -0.2) is 57.7 Å². The third kappa shape index (κ3) is 6.22. The summed E-state index contributed by atoms with van der Waals surface area (Å²) in [6.07, 6.45) is -0.451. The number of alkyl carbamates (subject to hydrolysis) is 1. The summed E-state index contributed by atoms with van der Waals surface area (Å²) in [7, 11) is 1.62. The van der Waals surface area contributed by atoms with Crippen molar-refractivity contribution in [3.8, 4) is 11.1 Å². The average molecular weight is 526 g/mol. The molecule has 1 fully saturated rings. The van der Waals surface area contributed by atoms with Crippen molar-refractivity contribution in [3.05, 3.63) is 59.7 Å². The molecule has 13 heteroatoms. The third-order valence-corrected chi connectivity index (χ3v) is 5.77. The SMILES string of the molecule is CCCCOC(=O)NC(c1ccc(-c2ccc(N3C[C@H](NC(C)=O)OC3=O)cc2F)cc1)c1nnn(C)n1. The van der Waals surface area contributed by atoms with E-state index >= 15 is 4.39 Å². The first-order valence-electron chi connectivity index (χ1n) is 12.1. The van der Waals surface area contributed by atoms with E-state index in [-0.39, 0.29) is 18.3 Å². The van der Waals surface area contributed by atoms with Crippen LogP contribution in [-0.2, 0) is 21.3 Å². The first kappa shape index (κ1) is 26.5. The van der Waals surface area contributed by atoms with Crippen LogP contribution in [0, 0.1) is 5.82 Å². The van der Waals surface area contributed by atoms with E-state index in [2.05, 4.69) is 26.0 Å². The normalized spacial score (nSPS) is 15.6. The number of carbonyl (C=O) groups is 3. The molecule has 12 nitrogen and oxygen atoms in total. The average Bonchev–Trinajstić information content (AvgIpc) is 3.47. The second-order valence-electron chi connectivity index (χ2n) is 8.67. The largest absolute Gasteiger partial charge is 0.450 e. The highest BCUT2D eigenvalue weighted by atomic mass is 19.1. The maximum Gasteiger partial charge on any atom is 0.416 e. The topological polar surface area (TPSA) is 141 Å². The molecule has 4 rings (SSSR count). The zero-order chi connectivity index (χ0) is 27.2. The Balaban J connectivity index is 1.52. The van der Waals surface area contributed by atoms with Gasteiger partial charge in [-0.15, -0.1) is 10.2 Å². The highest BCUT2D eigenvalue weighted by Crippen LogP contribution is 2.30. The number of aromatic nitrogens is 4. The van der Waals surface area contributed by atoms with Gasteiger partial charge in [0.1, 0.15) is 11.9 Å². The van der Waals surface area contributed by atoms with E-state index in [0.717, 1.165) is 12.8 Å². The van der Waals surface area contributed by atoms with Gasteiger partial charge in [-0.25, -0.2) is 14.0 Å². The number of carbonyl (C=O) groups excluding carboxylic acids is 3. The molecule has 1 aromatic heterocycles. The Bertz CT molecular complexity index is 1310. The molecule has 0 spiro atoms. The van der Waals surface area contributed by atoms with Crippen molar-refractivity contribution in [1.82, 2.24) is 30.8 Å². The number of halogens is 1. The van der Waals surface area contributed by atoms with Crippen LogP contribution in [0.5, 0.6) is 0 Å². The van der Waals surface area contributed by atoms with Crippen molar-refractivity contribution < 1.29 is 28.2 Å². The summed E-state index contributed by atoms with van der Waals surface area (Å²) < 4.78 is 25.4. The Labute approximate surface area is 218 Å². The summed E-state index contributed by atoms with van der Waals surface area (Å²) in [5.74, 6) is -0.607. The maximum atomic E-state index is 15.1. The minimum atomic E-state index is -0.801. The van der Waals surface area contributed by atoms with Crippen molar-refractivity contribution in [2.45, 2.75) is 39.0 Å². The molecule has 2 N–H and O–H groups in total. The molecule has 0 saturated carbocycles. The standard InChI is InChI=1S/C25H28FN7O5/c1-4-5-12-37-24(35)28-22(23-29-31-32(3)30-23)17-8-6-16(7-9-17)19-11-10-18(13-20(19)26)33-14-21(27-15(2)34)38-25(33)36/h6-11,13,21-22H,4-5,12,14H2,1-3H3,(H,27,34)(H,28,35)/t21-,22?/m1/s1. The van der Waals surface area contributed by atoms with Gasteiger partial charge in [0.05, 0.1) is 25.9 Å². The van der Waals surface area contributed by atoms with Crippen LogP contribution in [0.15, 0.2) is 42.5 Å². The van der Waals surface area contributed by atoms with Gasteiger partial charge in [0.15, 0.2) is 6.23 Å². The molecule has 3 aromatic rings. The maximum absolute atomic E-state index is 15.1. The van der Waals surface area contributed by atoms with Crippen molar-refractivity contribution in [2.24, 2.45) is 7.05 Å². The van der Waals surface area contributed by atoms with Gasteiger partial charge >= 0.3 is 12.2 Å². The molecule has 2 atom stereocenters. The van der Waals surface area contributed by atoms with Crippen LogP contribution >= 0.6 is 0 Å². The molecule has 1 aliphatic rings. The van der Waals surface area contributed by atoms with E-state index in [1.165, 1.54) is 22.7 Å². The number of hydrogen-bond acceptors (Lipinski definition) is 8. The van der Waals surface area contributed by atoms with Gasteiger partial charge in [-0.3, -0.25) is 9.69 Å². The van der Waals surface area contributed by atoms with Gasteiger partial charge < -0.3 is 20.1 Å². The number of aryl methyl sites for hydroxylation is 1. The molecule has 200 valence electrons. The van der Waals surface area contributed by atoms with Crippen molar-refractivity contribution in [3.63, 3.8) is 0 Å². The lowest BCUT2D eigenvalue weighted by atomic mass is 9.99. The van der Waals surface area contributed by atoms with Crippen molar-refractivity contribution in [1.29, 1.82) is 0 Å². The lowest BCUT2D eigenvalue weighted by Gasteiger charge is -2.17. The summed E-state index contributed by atoms with van der Waals surface area (Å²) in [5.41, 5.74) is 1.84. The Morgan fingerprint density at radius 3 is 2.63 bits per heavy atom. The lowest BCUT2D eigenvalue weighted by molar-refractivity contribution is -0.121. The van der Waals surface area contributed by atoms with Crippen LogP contribution in [0.1, 0.15) is 44.1 Å². The highest BCUT2D eigenvalue weighted by Gasteiger charge is 2.33. The van der Waals surface area contributed by atoms with Crippen LogP contribution in [0.3, 0.4) is 0 Å². The van der Waals surface area contributed by atoms with Gasteiger partial charge in [-0.05, 0) is 41.0 Å². The van der Waals surface area contributed by atoms with Gasteiger partial charge in [0, 0.05) is 12.5 Å². The number of nitrogens with one attached hydrogen (secondary N) is 2. The van der Waals surface area contributed by atoms with E-state index < -0.39 is 30.3 Å². The molecule has 3 amide bonds. The fraction of sp³-hybridized carbons (Fsp3) is 0.360. The minimum Gasteiger partial charge on any atom is -0.450 e. The lowest BCUT2D eigenvalue weighted by Crippen LogP contribution is -2.36. The van der Waals surface area contributed by atoms with E-state index in [1.807, 2.05) is 6.92 Å². The summed E-state index contributed by atoms with van der Waals surface area (Å²) >= 11 is 0. The number of hydrogen-bond donors (Lipinski definition) is 2. The number of tetrazole rings is 1. The molecule has 38 heavy (non-hydrogen) atoms. The Kier molecular flexibility index (Phi) is 8.14. The minimum absolute atomic E-state index is 0.0670. The number of amides is 3. The number of rotatable bonds is 9. The first-order chi connectivity index (χ1) is 18.2. The Morgan fingerprint density at radius 2 is 2.00 bits per heavy atom. The van der Waals surface area contributed by atoms with E-state index in [9.17, 15) is 14.4 Å². The number of unbranched alkanes of at least 4 members (excludes halogenated alkanes) is 1. The fourth-order valence-electron chi connectivity index (χ4n) is 3.92. The van der Waals surface area contributed by atoms with Crippen LogP contribution in [0.4, 0.5) is 19.7 Å². The predicted octanol–water partition coefficient (Wildman–Crippen LogP) is 3.05. The number of anilines is 1. The van der Waals surface area contributed by atoms with Gasteiger partial charge in [0.25, 0.3) is 0 Å². The second-order valence-corrected chi connectivity index (χ2v) is 8.67. The quantitative estimate of drug-likeness (QED) is 0.406. The molecule has 0 bridgehead atoms. The predicted molar refractivity (Wildman–Crippen MR) is 133 cm³/mol. The summed E-state index contributed by atoms with van der Waals surface area (Å²) in [4.78, 5) is 38.3. The second kappa shape index (κ2) is 11.7. The van der Waals surface area contributed by atoms with Crippen LogP contribution < -0.4 is 15.5 Å². The molecule has 2 aromatic carbocycles. The zero-order valence-corrected chi connectivity index (χ0v) is 21.2.